The molecule has 2 rings (SSSR count). The molecule has 28 heavy (non-hydrogen) atoms. The first-order valence-corrected chi connectivity index (χ1v) is 9.00. The number of alkyl halides is 3. The van der Waals surface area contributed by atoms with Crippen LogP contribution in [0.15, 0.2) is 29.3 Å². The number of amides is 1. The monoisotopic (exact) mass is 514 g/mol. The Morgan fingerprint density at radius 1 is 1.25 bits per heavy atom. The van der Waals surface area contributed by atoms with E-state index >= 15 is 0 Å². The lowest BCUT2D eigenvalue weighted by atomic mass is 10.2. The van der Waals surface area contributed by atoms with E-state index in [0.717, 1.165) is 38.1 Å². The Hall–Kier alpha value is -1.72. The van der Waals surface area contributed by atoms with Gasteiger partial charge in [-0.05, 0) is 38.0 Å². The molecule has 1 saturated heterocycles. The lowest BCUT2D eigenvalue weighted by molar-refractivity contribution is -0.137. The normalized spacial score (nSPS) is 14.4. The Balaban J connectivity index is 0.00000392. The van der Waals surface area contributed by atoms with Gasteiger partial charge in [0.2, 0.25) is 5.91 Å². The van der Waals surface area contributed by atoms with Gasteiger partial charge in [-0.3, -0.25) is 4.79 Å². The number of hydrogen-bond acceptors (Lipinski definition) is 3. The summed E-state index contributed by atoms with van der Waals surface area (Å²) in [6.07, 6.45) is -2.34. The molecule has 0 bridgehead atoms. The Kier molecular flexibility index (Phi) is 10.4. The van der Waals surface area contributed by atoms with Crippen LogP contribution in [0.4, 0.5) is 13.2 Å². The quantitative estimate of drug-likeness (QED) is 0.254. The first kappa shape index (κ1) is 24.3. The summed E-state index contributed by atoms with van der Waals surface area (Å²) in [7, 11) is 0. The zero-order valence-corrected chi connectivity index (χ0v) is 18.0. The van der Waals surface area contributed by atoms with E-state index in [-0.39, 0.29) is 48.8 Å². The predicted octanol–water partition coefficient (Wildman–Crippen LogP) is 2.88. The summed E-state index contributed by atoms with van der Waals surface area (Å²) in [6, 6.07) is 4.75. The van der Waals surface area contributed by atoms with Crippen molar-refractivity contribution >= 4 is 35.8 Å². The van der Waals surface area contributed by atoms with E-state index in [1.165, 1.54) is 12.1 Å². The van der Waals surface area contributed by atoms with Gasteiger partial charge in [0.1, 0.15) is 18.9 Å². The average Bonchev–Trinajstić information content (AvgIpc) is 3.17. The molecular formula is C18H26F3IN4O2. The number of benzene rings is 1. The number of nitrogens with zero attached hydrogens (tertiary/aromatic N) is 2. The third kappa shape index (κ3) is 8.11. The third-order valence-corrected chi connectivity index (χ3v) is 4.00. The van der Waals surface area contributed by atoms with Crippen molar-refractivity contribution in [1.29, 1.82) is 0 Å². The number of guanidine groups is 1. The molecule has 0 aromatic heterocycles. The summed E-state index contributed by atoms with van der Waals surface area (Å²) < 4.78 is 43.4. The van der Waals surface area contributed by atoms with Crippen LogP contribution in [0.25, 0.3) is 0 Å². The van der Waals surface area contributed by atoms with E-state index in [0.29, 0.717) is 19.0 Å². The Bertz CT molecular complexity index is 650. The second-order valence-corrected chi connectivity index (χ2v) is 6.08. The number of aliphatic imine (C=N–C) groups is 1. The van der Waals surface area contributed by atoms with Crippen molar-refractivity contribution < 1.29 is 22.7 Å². The van der Waals surface area contributed by atoms with E-state index in [2.05, 4.69) is 15.6 Å². The number of rotatable bonds is 7. The minimum atomic E-state index is -4.40. The molecule has 6 nitrogen and oxygen atoms in total. The van der Waals surface area contributed by atoms with Gasteiger partial charge in [-0.1, -0.05) is 6.07 Å². The highest BCUT2D eigenvalue weighted by Crippen LogP contribution is 2.31. The number of halogens is 4. The van der Waals surface area contributed by atoms with E-state index in [4.69, 9.17) is 4.74 Å². The molecule has 0 atom stereocenters. The number of carbonyl (C=O) groups excluding carboxylic acids is 1. The van der Waals surface area contributed by atoms with E-state index in [1.807, 2.05) is 6.92 Å². The topological polar surface area (TPSA) is 66.0 Å². The van der Waals surface area contributed by atoms with Crippen molar-refractivity contribution in [2.24, 2.45) is 4.99 Å². The summed E-state index contributed by atoms with van der Waals surface area (Å²) in [6.45, 7) is 4.64. The number of nitrogens with one attached hydrogen (secondary N) is 2. The number of ether oxygens (including phenoxy) is 1. The first-order chi connectivity index (χ1) is 12.9. The molecule has 0 radical (unpaired) electrons. The number of carbonyl (C=O) groups is 1. The van der Waals surface area contributed by atoms with Crippen molar-refractivity contribution in [2.75, 3.05) is 39.3 Å². The zero-order valence-electron chi connectivity index (χ0n) is 15.7. The molecule has 0 unspecified atom stereocenters. The van der Waals surface area contributed by atoms with Crippen LogP contribution < -0.4 is 15.4 Å². The summed E-state index contributed by atoms with van der Waals surface area (Å²) in [5.74, 6) is 0.611. The minimum Gasteiger partial charge on any atom is -0.492 e. The first-order valence-electron chi connectivity index (χ1n) is 9.00. The fourth-order valence-corrected chi connectivity index (χ4v) is 2.66. The standard InChI is InChI=1S/C18H25F3N4O2.HI/c1-2-22-17(24-13-16(26)25-9-3-4-10-25)23-8-11-27-15-7-5-6-14(12-15)18(19,20)21;/h5-7,12H,2-4,8-11,13H2,1H3,(H2,22,23,24);1H. The number of likely N-dealkylation sites (tertiary alicyclic amines) is 1. The molecule has 0 aliphatic carbocycles. The summed E-state index contributed by atoms with van der Waals surface area (Å²) >= 11 is 0. The van der Waals surface area contributed by atoms with Gasteiger partial charge >= 0.3 is 6.18 Å². The second kappa shape index (κ2) is 12.0. The highest BCUT2D eigenvalue weighted by Gasteiger charge is 2.30. The van der Waals surface area contributed by atoms with Crippen molar-refractivity contribution in [2.45, 2.75) is 25.9 Å². The molecule has 1 amide bonds. The van der Waals surface area contributed by atoms with Gasteiger partial charge in [-0.25, -0.2) is 4.99 Å². The molecule has 2 N–H and O–H groups in total. The van der Waals surface area contributed by atoms with Crippen LogP contribution in [-0.2, 0) is 11.0 Å². The van der Waals surface area contributed by atoms with Crippen LogP contribution in [0.3, 0.4) is 0 Å². The van der Waals surface area contributed by atoms with Gasteiger partial charge in [0, 0.05) is 19.6 Å². The fourth-order valence-electron chi connectivity index (χ4n) is 2.66. The van der Waals surface area contributed by atoms with Crippen LogP contribution >= 0.6 is 24.0 Å². The van der Waals surface area contributed by atoms with Gasteiger partial charge < -0.3 is 20.3 Å². The van der Waals surface area contributed by atoms with Gasteiger partial charge in [-0.2, -0.15) is 13.2 Å². The maximum absolute atomic E-state index is 12.7. The molecule has 1 aromatic rings. The minimum absolute atomic E-state index is 0. The predicted molar refractivity (Wildman–Crippen MR) is 112 cm³/mol. The molecule has 1 fully saturated rings. The zero-order chi connectivity index (χ0) is 19.7. The smallest absolute Gasteiger partial charge is 0.416 e. The molecule has 0 spiro atoms. The Labute approximate surface area is 179 Å². The van der Waals surface area contributed by atoms with Crippen LogP contribution in [0.5, 0.6) is 5.75 Å². The Morgan fingerprint density at radius 2 is 1.96 bits per heavy atom. The molecule has 1 heterocycles. The lowest BCUT2D eigenvalue weighted by Crippen LogP contribution is -2.40. The van der Waals surface area contributed by atoms with Gasteiger partial charge in [-0.15, -0.1) is 24.0 Å². The molecule has 0 saturated carbocycles. The van der Waals surface area contributed by atoms with Crippen molar-refractivity contribution in [1.82, 2.24) is 15.5 Å². The van der Waals surface area contributed by atoms with Crippen molar-refractivity contribution in [3.05, 3.63) is 29.8 Å². The van der Waals surface area contributed by atoms with Gasteiger partial charge in [0.15, 0.2) is 5.96 Å². The molecular weight excluding hydrogens is 488 g/mol. The maximum atomic E-state index is 12.7. The average molecular weight is 514 g/mol. The van der Waals surface area contributed by atoms with Gasteiger partial charge in [0.05, 0.1) is 12.1 Å². The van der Waals surface area contributed by atoms with E-state index in [1.54, 1.807) is 4.90 Å². The highest BCUT2D eigenvalue weighted by atomic mass is 127. The van der Waals surface area contributed by atoms with E-state index in [9.17, 15) is 18.0 Å². The molecule has 10 heteroatoms. The molecule has 158 valence electrons. The SMILES string of the molecule is CCNC(=NCC(=O)N1CCCC1)NCCOc1cccc(C(F)(F)F)c1.I. The van der Waals surface area contributed by atoms with Crippen molar-refractivity contribution in [3.63, 3.8) is 0 Å². The van der Waals surface area contributed by atoms with E-state index < -0.39 is 11.7 Å². The highest BCUT2D eigenvalue weighted by molar-refractivity contribution is 14.0. The van der Waals surface area contributed by atoms with Crippen LogP contribution in [-0.4, -0.2) is 56.1 Å². The second-order valence-electron chi connectivity index (χ2n) is 6.08. The molecule has 1 aliphatic heterocycles. The van der Waals surface area contributed by atoms with Gasteiger partial charge in [0.25, 0.3) is 0 Å². The summed E-state index contributed by atoms with van der Waals surface area (Å²) in [5.41, 5.74) is -0.747. The summed E-state index contributed by atoms with van der Waals surface area (Å²) in [5, 5.41) is 6.02. The maximum Gasteiger partial charge on any atom is 0.416 e. The summed E-state index contributed by atoms with van der Waals surface area (Å²) in [4.78, 5) is 18.1. The van der Waals surface area contributed by atoms with Crippen molar-refractivity contribution in [3.8, 4) is 5.75 Å². The third-order valence-electron chi connectivity index (χ3n) is 4.00. The fraction of sp³-hybridized carbons (Fsp3) is 0.556. The van der Waals surface area contributed by atoms with Crippen LogP contribution in [0, 0.1) is 0 Å². The Morgan fingerprint density at radius 3 is 2.61 bits per heavy atom. The largest absolute Gasteiger partial charge is 0.492 e. The lowest BCUT2D eigenvalue weighted by Gasteiger charge is -2.15. The molecule has 1 aromatic carbocycles. The number of hydrogen-bond donors (Lipinski definition) is 2. The molecule has 1 aliphatic rings. The van der Waals surface area contributed by atoms with Crippen LogP contribution in [0.1, 0.15) is 25.3 Å². The van der Waals surface area contributed by atoms with Crippen LogP contribution in [0.2, 0.25) is 0 Å².